The van der Waals surface area contributed by atoms with E-state index in [4.69, 9.17) is 11.6 Å². The van der Waals surface area contributed by atoms with Crippen LogP contribution in [0.3, 0.4) is 0 Å². The first-order valence-corrected chi connectivity index (χ1v) is 8.86. The average Bonchev–Trinajstić information content (AvgIpc) is 3.29. The van der Waals surface area contributed by atoms with Crippen LogP contribution in [0.5, 0.6) is 0 Å². The van der Waals surface area contributed by atoms with Crippen LogP contribution in [0.25, 0.3) is 0 Å². The van der Waals surface area contributed by atoms with Crippen LogP contribution in [0, 0.1) is 19.8 Å². The highest BCUT2D eigenvalue weighted by Crippen LogP contribution is 2.39. The summed E-state index contributed by atoms with van der Waals surface area (Å²) in [6, 6.07) is 3.94. The van der Waals surface area contributed by atoms with Crippen LogP contribution in [0.15, 0.2) is 27.7 Å². The van der Waals surface area contributed by atoms with E-state index in [1.807, 2.05) is 26.0 Å². The first-order valence-electron chi connectivity index (χ1n) is 7.69. The standard InChI is InChI=1S/C17H19BrClN3O/c1-9-6-13(19)7-10(2)15(9)21-16-17(23)22(8-14(18)20-16)11(3)12-4-5-12/h6-8,11-12H,4-5H2,1-3H3,(H,20,21)/t11-/m1/s1. The van der Waals surface area contributed by atoms with Crippen LogP contribution in [0.1, 0.15) is 36.9 Å². The number of hydrogen-bond acceptors (Lipinski definition) is 3. The molecule has 1 aromatic heterocycles. The molecule has 0 radical (unpaired) electrons. The van der Waals surface area contributed by atoms with Crippen molar-refractivity contribution in [2.45, 2.75) is 39.7 Å². The maximum absolute atomic E-state index is 12.8. The molecule has 1 aliphatic carbocycles. The molecule has 23 heavy (non-hydrogen) atoms. The lowest BCUT2D eigenvalue weighted by molar-refractivity contribution is 0.469. The Labute approximate surface area is 149 Å². The highest BCUT2D eigenvalue weighted by atomic mass is 79.9. The Morgan fingerprint density at radius 2 is 1.96 bits per heavy atom. The Morgan fingerprint density at radius 1 is 1.35 bits per heavy atom. The minimum Gasteiger partial charge on any atom is -0.335 e. The summed E-state index contributed by atoms with van der Waals surface area (Å²) in [7, 11) is 0. The third-order valence-corrected chi connectivity index (χ3v) is 4.99. The van der Waals surface area contributed by atoms with Gasteiger partial charge in [-0.3, -0.25) is 4.79 Å². The lowest BCUT2D eigenvalue weighted by Crippen LogP contribution is -2.27. The van der Waals surface area contributed by atoms with E-state index in [9.17, 15) is 4.79 Å². The molecule has 0 spiro atoms. The number of anilines is 2. The molecule has 1 saturated carbocycles. The zero-order chi connectivity index (χ0) is 16.7. The first kappa shape index (κ1) is 16.5. The fourth-order valence-corrected chi connectivity index (χ4v) is 3.62. The van der Waals surface area contributed by atoms with Gasteiger partial charge in [0.25, 0.3) is 5.56 Å². The zero-order valence-electron chi connectivity index (χ0n) is 13.4. The van der Waals surface area contributed by atoms with Gasteiger partial charge >= 0.3 is 0 Å². The molecule has 0 unspecified atom stereocenters. The van der Waals surface area contributed by atoms with E-state index in [1.165, 1.54) is 12.8 Å². The Bertz CT molecular complexity index is 791. The van der Waals surface area contributed by atoms with E-state index in [2.05, 4.69) is 33.2 Å². The molecule has 6 heteroatoms. The summed E-state index contributed by atoms with van der Waals surface area (Å²) in [6.45, 7) is 6.02. The molecule has 3 rings (SSSR count). The second-order valence-corrected chi connectivity index (χ2v) is 7.49. The number of aryl methyl sites for hydroxylation is 2. The maximum atomic E-state index is 12.8. The molecule has 0 aliphatic heterocycles. The van der Waals surface area contributed by atoms with E-state index in [1.54, 1.807) is 10.8 Å². The van der Waals surface area contributed by atoms with Gasteiger partial charge in [0.15, 0.2) is 5.82 Å². The average molecular weight is 397 g/mol. The van der Waals surface area contributed by atoms with Crippen LogP contribution in [0.2, 0.25) is 5.02 Å². The quantitative estimate of drug-likeness (QED) is 0.792. The highest BCUT2D eigenvalue weighted by Gasteiger charge is 2.30. The monoisotopic (exact) mass is 395 g/mol. The molecule has 2 aromatic rings. The minimum absolute atomic E-state index is 0.0960. The summed E-state index contributed by atoms with van der Waals surface area (Å²) in [6.07, 6.45) is 4.15. The fourth-order valence-electron chi connectivity index (χ4n) is 2.90. The van der Waals surface area contributed by atoms with Crippen molar-refractivity contribution in [3.8, 4) is 0 Å². The predicted molar refractivity (Wildman–Crippen MR) is 97.8 cm³/mol. The van der Waals surface area contributed by atoms with Gasteiger partial charge in [-0.05, 0) is 78.7 Å². The van der Waals surface area contributed by atoms with Crippen LogP contribution < -0.4 is 10.9 Å². The zero-order valence-corrected chi connectivity index (χ0v) is 15.7. The smallest absolute Gasteiger partial charge is 0.293 e. The number of benzene rings is 1. The van der Waals surface area contributed by atoms with Crippen molar-refractivity contribution in [2.75, 3.05) is 5.32 Å². The molecule has 1 fully saturated rings. The summed E-state index contributed by atoms with van der Waals surface area (Å²) in [4.78, 5) is 17.1. The Balaban J connectivity index is 2.02. The van der Waals surface area contributed by atoms with Crippen LogP contribution in [0.4, 0.5) is 11.5 Å². The van der Waals surface area contributed by atoms with Gasteiger partial charge in [0.05, 0.1) is 0 Å². The molecule has 4 nitrogen and oxygen atoms in total. The fraction of sp³-hybridized carbons (Fsp3) is 0.412. The van der Waals surface area contributed by atoms with Gasteiger partial charge in [-0.25, -0.2) is 4.98 Å². The molecular weight excluding hydrogens is 378 g/mol. The number of nitrogens with zero attached hydrogens (tertiary/aromatic N) is 2. The van der Waals surface area contributed by atoms with Gasteiger partial charge in [0, 0.05) is 22.9 Å². The number of rotatable bonds is 4. The second-order valence-electron chi connectivity index (χ2n) is 6.24. The van der Waals surface area contributed by atoms with Crippen molar-refractivity contribution in [1.82, 2.24) is 9.55 Å². The molecule has 122 valence electrons. The summed E-state index contributed by atoms with van der Waals surface area (Å²) in [5, 5.41) is 3.89. The number of nitrogens with one attached hydrogen (secondary N) is 1. The van der Waals surface area contributed by atoms with E-state index >= 15 is 0 Å². The van der Waals surface area contributed by atoms with Gasteiger partial charge in [0.1, 0.15) is 4.60 Å². The molecular formula is C17H19BrClN3O. The van der Waals surface area contributed by atoms with E-state index in [0.717, 1.165) is 16.8 Å². The lowest BCUT2D eigenvalue weighted by Gasteiger charge is -2.17. The maximum Gasteiger partial charge on any atom is 0.293 e. The second kappa shape index (κ2) is 6.29. The highest BCUT2D eigenvalue weighted by molar-refractivity contribution is 9.10. The van der Waals surface area contributed by atoms with Gasteiger partial charge in [-0.2, -0.15) is 0 Å². The molecule has 0 bridgehead atoms. The van der Waals surface area contributed by atoms with Crippen molar-refractivity contribution in [3.63, 3.8) is 0 Å². The topological polar surface area (TPSA) is 46.9 Å². The van der Waals surface area contributed by atoms with Gasteiger partial charge < -0.3 is 9.88 Å². The Hall–Kier alpha value is -1.33. The summed E-state index contributed by atoms with van der Waals surface area (Å²) < 4.78 is 2.42. The number of halogens is 2. The molecule has 1 N–H and O–H groups in total. The predicted octanol–water partition coefficient (Wildman–Crippen LogP) is 4.99. The van der Waals surface area contributed by atoms with Crippen LogP contribution in [-0.4, -0.2) is 9.55 Å². The molecule has 1 aromatic carbocycles. The molecule has 1 atom stereocenters. The van der Waals surface area contributed by atoms with Crippen molar-refractivity contribution >= 4 is 39.0 Å². The molecule has 1 aliphatic rings. The third kappa shape index (κ3) is 3.45. The Morgan fingerprint density at radius 3 is 2.52 bits per heavy atom. The normalized spacial score (nSPS) is 15.5. The first-order chi connectivity index (χ1) is 10.9. The minimum atomic E-state index is -0.0960. The third-order valence-electron chi connectivity index (χ3n) is 4.39. The van der Waals surface area contributed by atoms with Crippen molar-refractivity contribution in [3.05, 3.63) is 49.4 Å². The molecule has 0 amide bonds. The van der Waals surface area contributed by atoms with Crippen molar-refractivity contribution in [1.29, 1.82) is 0 Å². The lowest BCUT2D eigenvalue weighted by atomic mass is 10.1. The van der Waals surface area contributed by atoms with Crippen molar-refractivity contribution in [2.24, 2.45) is 5.92 Å². The van der Waals surface area contributed by atoms with Crippen LogP contribution >= 0.6 is 27.5 Å². The summed E-state index contributed by atoms with van der Waals surface area (Å²) in [5.41, 5.74) is 2.75. The van der Waals surface area contributed by atoms with E-state index in [-0.39, 0.29) is 11.6 Å². The van der Waals surface area contributed by atoms with E-state index in [0.29, 0.717) is 21.4 Å². The van der Waals surface area contributed by atoms with Gasteiger partial charge in [0.2, 0.25) is 0 Å². The van der Waals surface area contributed by atoms with E-state index < -0.39 is 0 Å². The summed E-state index contributed by atoms with van der Waals surface area (Å²) >= 11 is 9.49. The van der Waals surface area contributed by atoms with Crippen molar-refractivity contribution < 1.29 is 0 Å². The van der Waals surface area contributed by atoms with Crippen LogP contribution in [-0.2, 0) is 0 Å². The molecule has 1 heterocycles. The number of hydrogen-bond donors (Lipinski definition) is 1. The molecule has 0 saturated heterocycles. The number of aromatic nitrogens is 2. The largest absolute Gasteiger partial charge is 0.335 e. The SMILES string of the molecule is Cc1cc(Cl)cc(C)c1Nc1nc(Br)cn([C@H](C)C2CC2)c1=O. The summed E-state index contributed by atoms with van der Waals surface area (Å²) in [5.74, 6) is 0.925. The van der Waals surface area contributed by atoms with Gasteiger partial charge in [-0.1, -0.05) is 11.6 Å². The Kier molecular flexibility index (Phi) is 4.52. The van der Waals surface area contributed by atoms with Gasteiger partial charge in [-0.15, -0.1) is 0 Å².